The van der Waals surface area contributed by atoms with Crippen LogP contribution < -0.4 is 10.5 Å². The molecule has 100 valence electrons. The third-order valence-corrected chi connectivity index (χ3v) is 3.16. The van der Waals surface area contributed by atoms with Crippen molar-refractivity contribution in [2.75, 3.05) is 7.11 Å². The smallest absolute Gasteiger partial charge is 0.168 e. The van der Waals surface area contributed by atoms with E-state index in [4.69, 9.17) is 22.1 Å². The van der Waals surface area contributed by atoms with Gasteiger partial charge in [0.25, 0.3) is 0 Å². The minimum absolute atomic E-state index is 0.205. The molecule has 3 nitrogen and oxygen atoms in total. The van der Waals surface area contributed by atoms with Crippen molar-refractivity contribution in [2.45, 2.75) is 12.5 Å². The summed E-state index contributed by atoms with van der Waals surface area (Å²) < 4.78 is 19.0. The summed E-state index contributed by atoms with van der Waals surface area (Å²) in [6.07, 6.45) is 1.92. The van der Waals surface area contributed by atoms with E-state index >= 15 is 0 Å². The molecule has 1 unspecified atom stereocenters. The molecule has 0 aliphatic heterocycles. The molecule has 1 atom stereocenters. The number of nitrogens with two attached hydrogens (primary N) is 1. The standard InChI is InChI=1S/C14H14ClFN2O/c1-19-12-6-2-4-9(13(12)16)8-11(17)14-10(15)5-3-7-18-14/h2-7,11H,8,17H2,1H3. The van der Waals surface area contributed by atoms with E-state index in [0.29, 0.717) is 22.7 Å². The van der Waals surface area contributed by atoms with Gasteiger partial charge in [0.2, 0.25) is 0 Å². The molecule has 2 N–H and O–H groups in total. The SMILES string of the molecule is COc1cccc(CC(N)c2ncccc2Cl)c1F. The summed E-state index contributed by atoms with van der Waals surface area (Å²) in [4.78, 5) is 4.14. The Kier molecular flexibility index (Phi) is 4.35. The second-order valence-corrected chi connectivity index (χ2v) is 4.52. The van der Waals surface area contributed by atoms with Crippen molar-refractivity contribution in [2.24, 2.45) is 5.73 Å². The molecule has 0 amide bonds. The predicted molar refractivity (Wildman–Crippen MR) is 72.8 cm³/mol. The Morgan fingerprint density at radius 1 is 1.37 bits per heavy atom. The number of benzene rings is 1. The Bertz CT molecular complexity index is 577. The lowest BCUT2D eigenvalue weighted by molar-refractivity contribution is 0.383. The molecule has 2 aromatic rings. The Morgan fingerprint density at radius 3 is 2.84 bits per heavy atom. The molecule has 1 aromatic carbocycles. The summed E-state index contributed by atoms with van der Waals surface area (Å²) >= 11 is 6.02. The van der Waals surface area contributed by atoms with E-state index in [9.17, 15) is 4.39 Å². The molecule has 0 fully saturated rings. The molecule has 0 radical (unpaired) electrons. The highest BCUT2D eigenvalue weighted by atomic mass is 35.5. The highest BCUT2D eigenvalue weighted by molar-refractivity contribution is 6.31. The third kappa shape index (κ3) is 3.03. The van der Waals surface area contributed by atoms with Crippen molar-refractivity contribution in [1.82, 2.24) is 4.98 Å². The lowest BCUT2D eigenvalue weighted by Gasteiger charge is -2.14. The zero-order valence-electron chi connectivity index (χ0n) is 10.4. The van der Waals surface area contributed by atoms with Crippen LogP contribution in [-0.2, 0) is 6.42 Å². The first-order chi connectivity index (χ1) is 9.13. The fourth-order valence-corrected chi connectivity index (χ4v) is 2.14. The molecule has 2 rings (SSSR count). The largest absolute Gasteiger partial charge is 0.494 e. The molecular formula is C14H14ClFN2O. The van der Waals surface area contributed by atoms with Crippen molar-refractivity contribution in [1.29, 1.82) is 0 Å². The molecule has 0 saturated heterocycles. The Hall–Kier alpha value is -1.65. The van der Waals surface area contributed by atoms with Gasteiger partial charge in [-0.1, -0.05) is 23.7 Å². The number of hydrogen-bond donors (Lipinski definition) is 1. The molecule has 0 saturated carbocycles. The van der Waals surface area contributed by atoms with Crippen molar-refractivity contribution in [3.8, 4) is 5.75 Å². The van der Waals surface area contributed by atoms with E-state index in [1.54, 1.807) is 36.5 Å². The van der Waals surface area contributed by atoms with Gasteiger partial charge in [-0.05, 0) is 30.2 Å². The Morgan fingerprint density at radius 2 is 2.16 bits per heavy atom. The molecule has 0 aliphatic carbocycles. The van der Waals surface area contributed by atoms with Crippen LogP contribution in [0, 0.1) is 5.82 Å². The first-order valence-electron chi connectivity index (χ1n) is 5.81. The normalized spacial score (nSPS) is 12.2. The maximum Gasteiger partial charge on any atom is 0.168 e. The van der Waals surface area contributed by atoms with Gasteiger partial charge in [-0.3, -0.25) is 4.98 Å². The lowest BCUT2D eigenvalue weighted by atomic mass is 10.0. The van der Waals surface area contributed by atoms with Crippen molar-refractivity contribution >= 4 is 11.6 Å². The van der Waals surface area contributed by atoms with Crippen molar-refractivity contribution in [3.05, 3.63) is 58.6 Å². The molecule has 0 spiro atoms. The Labute approximate surface area is 116 Å². The minimum atomic E-state index is -0.463. The summed E-state index contributed by atoms with van der Waals surface area (Å²) in [5.41, 5.74) is 7.08. The van der Waals surface area contributed by atoms with Crippen LogP contribution in [0.3, 0.4) is 0 Å². The van der Waals surface area contributed by atoms with Gasteiger partial charge in [0.15, 0.2) is 11.6 Å². The number of aromatic nitrogens is 1. The van der Waals surface area contributed by atoms with Crippen LogP contribution in [0.2, 0.25) is 5.02 Å². The Balaban J connectivity index is 2.24. The maximum absolute atomic E-state index is 14.0. The van der Waals surface area contributed by atoms with Crippen LogP contribution in [0.25, 0.3) is 0 Å². The van der Waals surface area contributed by atoms with E-state index in [1.807, 2.05) is 0 Å². The topological polar surface area (TPSA) is 48.1 Å². The molecule has 1 heterocycles. The highest BCUT2D eigenvalue weighted by Crippen LogP contribution is 2.26. The van der Waals surface area contributed by atoms with Crippen LogP contribution in [-0.4, -0.2) is 12.1 Å². The number of nitrogens with zero attached hydrogens (tertiary/aromatic N) is 1. The van der Waals surface area contributed by atoms with Crippen molar-refractivity contribution in [3.63, 3.8) is 0 Å². The van der Waals surface area contributed by atoms with E-state index in [1.165, 1.54) is 7.11 Å². The fraction of sp³-hybridized carbons (Fsp3) is 0.214. The minimum Gasteiger partial charge on any atom is -0.494 e. The van der Waals surface area contributed by atoms with Crippen LogP contribution in [0.1, 0.15) is 17.3 Å². The van der Waals surface area contributed by atoms with Crippen LogP contribution in [0.5, 0.6) is 5.75 Å². The van der Waals surface area contributed by atoms with Gasteiger partial charge in [0.1, 0.15) is 0 Å². The molecule has 19 heavy (non-hydrogen) atoms. The third-order valence-electron chi connectivity index (χ3n) is 2.84. The van der Waals surface area contributed by atoms with Gasteiger partial charge < -0.3 is 10.5 Å². The number of methoxy groups -OCH3 is 1. The number of rotatable bonds is 4. The van der Waals surface area contributed by atoms with E-state index in [-0.39, 0.29) is 5.75 Å². The number of hydrogen-bond acceptors (Lipinski definition) is 3. The zero-order valence-corrected chi connectivity index (χ0v) is 11.2. The molecular weight excluding hydrogens is 267 g/mol. The number of pyridine rings is 1. The number of ether oxygens (including phenoxy) is 1. The monoisotopic (exact) mass is 280 g/mol. The second kappa shape index (κ2) is 5.99. The van der Waals surface area contributed by atoms with Gasteiger partial charge in [0, 0.05) is 6.20 Å². The summed E-state index contributed by atoms with van der Waals surface area (Å²) in [7, 11) is 1.43. The highest BCUT2D eigenvalue weighted by Gasteiger charge is 2.16. The van der Waals surface area contributed by atoms with Crippen LogP contribution >= 0.6 is 11.6 Å². The molecule has 5 heteroatoms. The maximum atomic E-state index is 14.0. The van der Waals surface area contributed by atoms with E-state index < -0.39 is 11.9 Å². The van der Waals surface area contributed by atoms with Gasteiger partial charge >= 0.3 is 0 Å². The molecule has 0 bridgehead atoms. The second-order valence-electron chi connectivity index (χ2n) is 4.11. The average molecular weight is 281 g/mol. The zero-order chi connectivity index (χ0) is 13.8. The summed E-state index contributed by atoms with van der Waals surface area (Å²) in [6, 6.07) is 7.95. The van der Waals surface area contributed by atoms with E-state index in [0.717, 1.165) is 0 Å². The van der Waals surface area contributed by atoms with Gasteiger partial charge in [-0.2, -0.15) is 0 Å². The van der Waals surface area contributed by atoms with Crippen molar-refractivity contribution < 1.29 is 9.13 Å². The lowest BCUT2D eigenvalue weighted by Crippen LogP contribution is -2.16. The average Bonchev–Trinajstić information content (AvgIpc) is 2.41. The van der Waals surface area contributed by atoms with E-state index in [2.05, 4.69) is 4.98 Å². The number of halogens is 2. The van der Waals surface area contributed by atoms with Gasteiger partial charge in [0.05, 0.1) is 23.9 Å². The van der Waals surface area contributed by atoms with Gasteiger partial charge in [-0.15, -0.1) is 0 Å². The summed E-state index contributed by atoms with van der Waals surface area (Å²) in [5, 5.41) is 0.485. The molecule has 1 aromatic heterocycles. The first kappa shape index (κ1) is 13.8. The van der Waals surface area contributed by atoms with Gasteiger partial charge in [-0.25, -0.2) is 4.39 Å². The quantitative estimate of drug-likeness (QED) is 0.936. The fourth-order valence-electron chi connectivity index (χ4n) is 1.88. The first-order valence-corrected chi connectivity index (χ1v) is 6.18. The summed E-state index contributed by atoms with van der Waals surface area (Å²) in [6.45, 7) is 0. The van der Waals surface area contributed by atoms with Crippen LogP contribution in [0.4, 0.5) is 4.39 Å². The summed E-state index contributed by atoms with van der Waals surface area (Å²) in [5.74, 6) is -0.190. The predicted octanol–water partition coefficient (Wildman–Crippen LogP) is 3.13. The van der Waals surface area contributed by atoms with Crippen LogP contribution in [0.15, 0.2) is 36.5 Å². The molecule has 0 aliphatic rings.